The fourth-order valence-electron chi connectivity index (χ4n) is 6.74. The van der Waals surface area contributed by atoms with Crippen molar-refractivity contribution in [3.8, 4) is 45.3 Å². The normalized spacial score (nSPS) is 10.9. The molecule has 0 bridgehead atoms. The number of hydrogen-bond donors (Lipinski definition) is 3. The van der Waals surface area contributed by atoms with E-state index in [1.165, 1.54) is 49.1 Å². The van der Waals surface area contributed by atoms with Crippen LogP contribution in [-0.4, -0.2) is 121 Å². The van der Waals surface area contributed by atoms with Crippen molar-refractivity contribution in [1.82, 2.24) is 54.6 Å². The van der Waals surface area contributed by atoms with E-state index in [9.17, 15) is 45.5 Å². The lowest BCUT2D eigenvalue weighted by molar-refractivity contribution is 0.0695. The number of nitrogens with zero attached hydrogens (tertiary/aromatic N) is 10. The number of carboxylic acid groups (broad SMARTS) is 1. The molecular weight excluding hydrogens is 987 g/mol. The van der Waals surface area contributed by atoms with E-state index < -0.39 is 52.0 Å². The quantitative estimate of drug-likeness (QED) is 0.0774. The van der Waals surface area contributed by atoms with Crippen molar-refractivity contribution in [3.63, 3.8) is 0 Å². The number of nitrogens with one attached hydrogen (secondary N) is 1. The molecule has 23 heteroatoms. The van der Waals surface area contributed by atoms with E-state index in [4.69, 9.17) is 10.8 Å². The van der Waals surface area contributed by atoms with E-state index in [-0.39, 0.29) is 47.1 Å². The van der Waals surface area contributed by atoms with Gasteiger partial charge in [-0.25, -0.2) is 60.4 Å². The average molecular weight is 1040 g/mol. The number of carbonyl (C=O) groups is 2. The zero-order valence-electron chi connectivity index (χ0n) is 40.7. The molecule has 75 heavy (non-hydrogen) atoms. The summed E-state index contributed by atoms with van der Waals surface area (Å²) < 4.78 is 83.3. The summed E-state index contributed by atoms with van der Waals surface area (Å²) in [4.78, 5) is 68.5. The average Bonchev–Trinajstić information content (AvgIpc) is 3.38. The van der Waals surface area contributed by atoms with Crippen molar-refractivity contribution < 1.29 is 41.0 Å². The number of halogens is 6. The van der Waals surface area contributed by atoms with Crippen LogP contribution in [0.4, 0.5) is 26.3 Å². The second kappa shape index (κ2) is 25.7. The summed E-state index contributed by atoms with van der Waals surface area (Å²) in [5.41, 5.74) is 7.35. The van der Waals surface area contributed by atoms with Gasteiger partial charge >= 0.3 is 5.97 Å². The number of hydrogen-bond acceptors (Lipinski definition) is 13. The molecule has 0 spiro atoms. The molecule has 0 saturated carbocycles. The van der Waals surface area contributed by atoms with Gasteiger partial charge in [0.2, 0.25) is 0 Å². The van der Waals surface area contributed by atoms with Crippen LogP contribution in [-0.2, 0) is 13.1 Å². The third-order valence-corrected chi connectivity index (χ3v) is 10.6. The molecule has 8 aromatic rings. The van der Waals surface area contributed by atoms with Crippen LogP contribution < -0.4 is 22.2 Å². The highest BCUT2D eigenvalue weighted by molar-refractivity contribution is 5.93. The van der Waals surface area contributed by atoms with E-state index in [0.717, 1.165) is 46.7 Å². The second-order valence-corrected chi connectivity index (χ2v) is 16.9. The lowest BCUT2D eigenvalue weighted by atomic mass is 10.1. The first-order valence-corrected chi connectivity index (χ1v) is 22.6. The molecule has 4 aromatic carbocycles. The standard InChI is InChI=1S/C26H23F3N6O2.C22H13F3N4O3.C4H12N2/c1-34(2)9-8-30-26(37)19-13-31-25(32-14-19)17-5-3-4-16(10-17)15-35-23(36)7-6-22(33-35)18-11-20(27)24(29)21(28)12-18;23-16-7-14(8-17(24)20(16)25)18-4-5-19(30)29(28-18)11-12-2-1-3-13(6-12)21-26-9-15(10-27-21)22(31)32;1-6(2)4-3-5/h3-7,10-14H,8-9,15H2,1-2H3,(H,30,37);1-10H,11H2,(H,31,32);3-5H2,1-2H3. The molecule has 4 N–H and O–H groups in total. The highest BCUT2D eigenvalue weighted by Gasteiger charge is 2.16. The van der Waals surface area contributed by atoms with Gasteiger partial charge in [-0.15, -0.1) is 0 Å². The highest BCUT2D eigenvalue weighted by atomic mass is 19.2. The maximum absolute atomic E-state index is 13.7. The molecule has 0 aliphatic heterocycles. The van der Waals surface area contributed by atoms with Gasteiger partial charge < -0.3 is 26.0 Å². The topological polar surface area (TPSA) is 220 Å². The Morgan fingerprint density at radius 2 is 0.960 bits per heavy atom. The Bertz CT molecular complexity index is 3370. The third kappa shape index (κ3) is 15.4. The maximum Gasteiger partial charge on any atom is 0.338 e. The Balaban J connectivity index is 0.000000222. The van der Waals surface area contributed by atoms with Gasteiger partial charge in [-0.05, 0) is 87.8 Å². The molecule has 388 valence electrons. The molecule has 0 unspecified atom stereocenters. The van der Waals surface area contributed by atoms with Crippen LogP contribution >= 0.6 is 0 Å². The van der Waals surface area contributed by atoms with Gasteiger partial charge in [0.15, 0.2) is 46.6 Å². The Morgan fingerprint density at radius 3 is 1.32 bits per heavy atom. The van der Waals surface area contributed by atoms with E-state index in [2.05, 4.69) is 40.3 Å². The van der Waals surface area contributed by atoms with Crippen molar-refractivity contribution in [3.05, 3.63) is 200 Å². The summed E-state index contributed by atoms with van der Waals surface area (Å²) >= 11 is 0. The fraction of sp³-hybridized carbons (Fsp3) is 0.192. The third-order valence-electron chi connectivity index (χ3n) is 10.6. The van der Waals surface area contributed by atoms with Crippen molar-refractivity contribution in [2.24, 2.45) is 5.73 Å². The monoisotopic (exact) mass is 1030 g/mol. The number of aromatic carboxylic acids is 1. The number of aromatic nitrogens is 8. The van der Waals surface area contributed by atoms with Gasteiger partial charge in [0, 0.05) is 85.4 Å². The molecule has 17 nitrogen and oxygen atoms in total. The summed E-state index contributed by atoms with van der Waals surface area (Å²) in [5, 5.41) is 20.1. The fourth-order valence-corrected chi connectivity index (χ4v) is 6.74. The molecule has 0 aliphatic rings. The molecule has 0 atom stereocenters. The summed E-state index contributed by atoms with van der Waals surface area (Å²) in [6.07, 6.45) is 5.26. The molecule has 0 fully saturated rings. The number of benzene rings is 4. The highest BCUT2D eigenvalue weighted by Crippen LogP contribution is 2.24. The second-order valence-electron chi connectivity index (χ2n) is 16.9. The van der Waals surface area contributed by atoms with Crippen molar-refractivity contribution in [1.29, 1.82) is 0 Å². The predicted octanol–water partition coefficient (Wildman–Crippen LogP) is 6.16. The number of carboxylic acids is 1. The van der Waals surface area contributed by atoms with Gasteiger partial charge in [-0.3, -0.25) is 14.4 Å². The number of amides is 1. The van der Waals surface area contributed by atoms with Gasteiger partial charge in [0.1, 0.15) is 0 Å². The Kier molecular flexibility index (Phi) is 19.0. The summed E-state index contributed by atoms with van der Waals surface area (Å²) in [6, 6.07) is 22.2. The van der Waals surface area contributed by atoms with Gasteiger partial charge in [0.25, 0.3) is 17.0 Å². The molecule has 0 radical (unpaired) electrons. The van der Waals surface area contributed by atoms with E-state index >= 15 is 0 Å². The minimum Gasteiger partial charge on any atom is -0.478 e. The van der Waals surface area contributed by atoms with E-state index in [1.54, 1.807) is 48.5 Å². The lowest BCUT2D eigenvalue weighted by Crippen LogP contribution is -2.31. The van der Waals surface area contributed by atoms with Crippen LogP contribution in [0.2, 0.25) is 0 Å². The Morgan fingerprint density at radius 1 is 0.560 bits per heavy atom. The maximum atomic E-state index is 13.7. The van der Waals surface area contributed by atoms with Crippen molar-refractivity contribution in [2.45, 2.75) is 13.1 Å². The van der Waals surface area contributed by atoms with Crippen molar-refractivity contribution >= 4 is 11.9 Å². The molecular formula is C52H48F6N12O5. The molecule has 4 aromatic heterocycles. The Labute approximate surface area is 424 Å². The molecule has 4 heterocycles. The molecule has 8 rings (SSSR count). The Hall–Kier alpha value is -8.80. The van der Waals surface area contributed by atoms with Crippen LogP contribution in [0.5, 0.6) is 0 Å². The number of likely N-dealkylation sites (N-methyl/N-ethyl adjacent to an activating group) is 2. The zero-order valence-corrected chi connectivity index (χ0v) is 40.7. The van der Waals surface area contributed by atoms with Crippen molar-refractivity contribution in [2.75, 3.05) is 54.4 Å². The first-order chi connectivity index (χ1) is 35.8. The predicted molar refractivity (Wildman–Crippen MR) is 266 cm³/mol. The number of nitrogens with two attached hydrogens (primary N) is 1. The van der Waals surface area contributed by atoms with Crippen LogP contribution in [0.25, 0.3) is 45.3 Å². The molecule has 1 amide bonds. The first kappa shape index (κ1) is 55.5. The van der Waals surface area contributed by atoms with E-state index in [1.807, 2.05) is 33.1 Å². The minimum absolute atomic E-state index is 0.00172. The smallest absolute Gasteiger partial charge is 0.338 e. The molecule has 0 aliphatic carbocycles. The zero-order chi connectivity index (χ0) is 54.3. The first-order valence-electron chi connectivity index (χ1n) is 22.6. The number of carbonyl (C=O) groups excluding carboxylic acids is 1. The summed E-state index contributed by atoms with van der Waals surface area (Å²) in [7, 11) is 7.84. The number of rotatable bonds is 15. The minimum atomic E-state index is -1.59. The summed E-state index contributed by atoms with van der Waals surface area (Å²) in [5.74, 6) is -9.31. The van der Waals surface area contributed by atoms with Gasteiger partial charge in [0.05, 0.1) is 35.6 Å². The van der Waals surface area contributed by atoms with Gasteiger partial charge in [-0.2, -0.15) is 10.2 Å². The lowest BCUT2D eigenvalue weighted by Gasteiger charge is -2.10. The van der Waals surface area contributed by atoms with E-state index in [0.29, 0.717) is 52.6 Å². The van der Waals surface area contributed by atoms with Crippen LogP contribution in [0, 0.1) is 34.9 Å². The molecule has 0 saturated heterocycles. The van der Waals surface area contributed by atoms with Gasteiger partial charge in [-0.1, -0.05) is 36.4 Å². The summed E-state index contributed by atoms with van der Waals surface area (Å²) in [6.45, 7) is 3.02. The SMILES string of the molecule is CN(C)CCN.CN(C)CCNC(=O)c1cnc(-c2cccc(Cn3nc(-c4cc(F)c(F)c(F)c4)ccc3=O)c2)nc1.O=C(O)c1cnc(-c2cccc(Cn3nc(-c4cc(F)c(F)c(F)c4)ccc3=O)c2)nc1. The largest absolute Gasteiger partial charge is 0.478 e. The van der Waals surface area contributed by atoms with Crippen LogP contribution in [0.1, 0.15) is 31.8 Å². The van der Waals surface area contributed by atoms with Crippen LogP contribution in [0.3, 0.4) is 0 Å². The van der Waals surface area contributed by atoms with Crippen LogP contribution in [0.15, 0.2) is 131 Å².